The number of ether oxygens (including phenoxy) is 1. The van der Waals surface area contributed by atoms with E-state index in [9.17, 15) is 4.79 Å². The quantitative estimate of drug-likeness (QED) is 0.597. The summed E-state index contributed by atoms with van der Waals surface area (Å²) in [5.41, 5.74) is 2.03. The largest absolute Gasteiger partial charge is 0.484 e. The van der Waals surface area contributed by atoms with Gasteiger partial charge in [0.1, 0.15) is 5.75 Å². The van der Waals surface area contributed by atoms with Gasteiger partial charge in [-0.25, -0.2) is 0 Å². The molecule has 0 atom stereocenters. The number of amides is 1. The van der Waals surface area contributed by atoms with Crippen LogP contribution in [0.25, 0.3) is 0 Å². The van der Waals surface area contributed by atoms with Gasteiger partial charge in [-0.15, -0.1) is 0 Å². The van der Waals surface area contributed by atoms with Gasteiger partial charge < -0.3 is 14.2 Å². The highest BCUT2D eigenvalue weighted by molar-refractivity contribution is 5.78. The molecule has 4 nitrogen and oxygen atoms in total. The molecule has 2 aromatic carbocycles. The second kappa shape index (κ2) is 8.79. The third-order valence-corrected chi connectivity index (χ3v) is 4.66. The first-order valence-corrected chi connectivity index (χ1v) is 9.60. The van der Waals surface area contributed by atoms with E-state index >= 15 is 0 Å². The molecule has 0 unspecified atom stereocenters. The second-order valence-corrected chi connectivity index (χ2v) is 7.87. The maximum atomic E-state index is 13.0. The Morgan fingerprint density at radius 3 is 2.21 bits per heavy atom. The summed E-state index contributed by atoms with van der Waals surface area (Å²) >= 11 is 0. The highest BCUT2D eigenvalue weighted by Crippen LogP contribution is 2.20. The van der Waals surface area contributed by atoms with Crippen LogP contribution in [-0.4, -0.2) is 27.5 Å². The molecule has 0 bridgehead atoms. The molecular formula is C24H28N2O2. The van der Waals surface area contributed by atoms with E-state index in [-0.39, 0.29) is 18.1 Å². The summed E-state index contributed by atoms with van der Waals surface area (Å²) in [5, 5.41) is 0. The zero-order chi connectivity index (χ0) is 20.0. The monoisotopic (exact) mass is 376 g/mol. The van der Waals surface area contributed by atoms with E-state index in [0.29, 0.717) is 12.3 Å². The van der Waals surface area contributed by atoms with E-state index in [1.165, 1.54) is 5.56 Å². The number of nitrogens with zero attached hydrogens (tertiary/aromatic N) is 2. The van der Waals surface area contributed by atoms with Gasteiger partial charge in [-0.3, -0.25) is 4.79 Å². The zero-order valence-electron chi connectivity index (χ0n) is 16.8. The predicted octanol–water partition coefficient (Wildman–Crippen LogP) is 4.74. The minimum absolute atomic E-state index is 0.0242. The topological polar surface area (TPSA) is 34.5 Å². The fourth-order valence-electron chi connectivity index (χ4n) is 3.13. The number of hydrogen-bond acceptors (Lipinski definition) is 2. The van der Waals surface area contributed by atoms with Crippen molar-refractivity contribution < 1.29 is 9.53 Å². The number of hydrogen-bond donors (Lipinski definition) is 0. The highest BCUT2D eigenvalue weighted by Gasteiger charge is 2.27. The first-order valence-electron chi connectivity index (χ1n) is 9.60. The van der Waals surface area contributed by atoms with Crippen LogP contribution in [0.1, 0.15) is 32.0 Å². The summed E-state index contributed by atoms with van der Waals surface area (Å²) < 4.78 is 7.88. The lowest BCUT2D eigenvalue weighted by Crippen LogP contribution is -2.47. The van der Waals surface area contributed by atoms with E-state index in [1.807, 2.05) is 59.5 Å². The number of carbonyl (C=O) groups excluding carboxylic acids is 1. The van der Waals surface area contributed by atoms with Gasteiger partial charge in [0.2, 0.25) is 0 Å². The first kappa shape index (κ1) is 19.7. The molecule has 0 radical (unpaired) electrons. The predicted molar refractivity (Wildman–Crippen MR) is 112 cm³/mol. The summed E-state index contributed by atoms with van der Waals surface area (Å²) in [7, 11) is 0. The van der Waals surface area contributed by atoms with Crippen LogP contribution in [0.15, 0.2) is 79.0 Å². The van der Waals surface area contributed by atoms with Gasteiger partial charge in [0.05, 0.1) is 6.54 Å². The first-order chi connectivity index (χ1) is 13.4. The summed E-state index contributed by atoms with van der Waals surface area (Å²) in [6.07, 6.45) is 2.06. The lowest BCUT2D eigenvalue weighted by Gasteiger charge is -2.36. The molecule has 1 amide bonds. The van der Waals surface area contributed by atoms with Crippen molar-refractivity contribution in [2.75, 3.05) is 6.61 Å². The van der Waals surface area contributed by atoms with Gasteiger partial charge in [-0.2, -0.15) is 0 Å². The maximum Gasteiger partial charge on any atom is 0.261 e. The molecule has 146 valence electrons. The Morgan fingerprint density at radius 1 is 0.929 bits per heavy atom. The van der Waals surface area contributed by atoms with Crippen LogP contribution in [0.3, 0.4) is 0 Å². The Labute approximate surface area is 167 Å². The van der Waals surface area contributed by atoms with Crippen LogP contribution in [0.2, 0.25) is 0 Å². The molecule has 3 aromatic rings. The van der Waals surface area contributed by atoms with Crippen molar-refractivity contribution in [3.63, 3.8) is 0 Å². The Morgan fingerprint density at radius 2 is 1.57 bits per heavy atom. The minimum Gasteiger partial charge on any atom is -0.484 e. The molecule has 0 saturated heterocycles. The van der Waals surface area contributed by atoms with Crippen molar-refractivity contribution in [1.29, 1.82) is 0 Å². The van der Waals surface area contributed by atoms with E-state index in [4.69, 9.17) is 4.74 Å². The number of aromatic nitrogens is 1. The van der Waals surface area contributed by atoms with Crippen LogP contribution in [0, 0.1) is 0 Å². The Hall–Kier alpha value is -3.01. The molecule has 3 rings (SSSR count). The van der Waals surface area contributed by atoms with Crippen molar-refractivity contribution in [2.24, 2.45) is 0 Å². The number of carbonyl (C=O) groups is 1. The second-order valence-electron chi connectivity index (χ2n) is 7.87. The molecule has 0 aliphatic carbocycles. The van der Waals surface area contributed by atoms with E-state index in [2.05, 4.69) is 49.7 Å². The Balaban J connectivity index is 1.71. The Kier molecular flexibility index (Phi) is 6.19. The van der Waals surface area contributed by atoms with Gasteiger partial charge in [0.25, 0.3) is 5.91 Å². The smallest absolute Gasteiger partial charge is 0.261 e. The molecule has 1 aromatic heterocycles. The van der Waals surface area contributed by atoms with E-state index in [0.717, 1.165) is 12.2 Å². The maximum absolute atomic E-state index is 13.0. The number of benzene rings is 2. The molecular weight excluding hydrogens is 348 g/mol. The van der Waals surface area contributed by atoms with Crippen molar-refractivity contribution in [2.45, 2.75) is 39.4 Å². The lowest BCUT2D eigenvalue weighted by molar-refractivity contribution is -0.139. The van der Waals surface area contributed by atoms with Crippen LogP contribution < -0.4 is 4.74 Å². The molecule has 0 N–H and O–H groups in total. The van der Waals surface area contributed by atoms with Crippen molar-refractivity contribution in [3.8, 4) is 5.75 Å². The van der Waals surface area contributed by atoms with E-state index in [1.54, 1.807) is 0 Å². The number of rotatable bonds is 7. The molecule has 28 heavy (non-hydrogen) atoms. The SMILES string of the molecule is CC(C)(C)N(Cc1cccn1Cc1ccccc1)C(=O)COc1ccccc1. The van der Waals surface area contributed by atoms with Crippen molar-refractivity contribution >= 4 is 5.91 Å². The van der Waals surface area contributed by atoms with Gasteiger partial charge in [0.15, 0.2) is 6.61 Å². The standard InChI is InChI=1S/C24H28N2O2/c1-24(2,3)26(23(27)19-28-22-14-8-5-9-15-22)18-21-13-10-16-25(21)17-20-11-6-4-7-12-20/h4-16H,17-19H2,1-3H3. The molecule has 1 heterocycles. The molecule has 0 fully saturated rings. The van der Waals surface area contributed by atoms with Crippen molar-refractivity contribution in [3.05, 3.63) is 90.3 Å². The van der Waals surface area contributed by atoms with Gasteiger partial charge >= 0.3 is 0 Å². The fourth-order valence-corrected chi connectivity index (χ4v) is 3.13. The number of para-hydroxylation sites is 1. The summed E-state index contributed by atoms with van der Waals surface area (Å²) in [6.45, 7) is 7.52. The van der Waals surface area contributed by atoms with Crippen LogP contribution >= 0.6 is 0 Å². The molecule has 0 saturated carbocycles. The Bertz CT molecular complexity index is 880. The third-order valence-electron chi connectivity index (χ3n) is 4.66. The average Bonchev–Trinajstić information content (AvgIpc) is 3.12. The normalized spacial score (nSPS) is 11.2. The van der Waals surface area contributed by atoms with Crippen molar-refractivity contribution in [1.82, 2.24) is 9.47 Å². The average molecular weight is 377 g/mol. The van der Waals surface area contributed by atoms with E-state index < -0.39 is 0 Å². The molecule has 4 heteroatoms. The zero-order valence-corrected chi connectivity index (χ0v) is 16.8. The molecule has 0 aliphatic rings. The summed E-state index contributed by atoms with van der Waals surface area (Å²) in [4.78, 5) is 14.8. The minimum atomic E-state index is -0.307. The molecule has 0 spiro atoms. The van der Waals surface area contributed by atoms with Gasteiger partial charge in [0, 0.05) is 24.0 Å². The van der Waals surface area contributed by atoms with Gasteiger partial charge in [-0.1, -0.05) is 48.5 Å². The third kappa shape index (κ3) is 5.26. The summed E-state index contributed by atoms with van der Waals surface area (Å²) in [5.74, 6) is 0.681. The molecule has 0 aliphatic heterocycles. The van der Waals surface area contributed by atoms with Crippen LogP contribution in [-0.2, 0) is 17.9 Å². The van der Waals surface area contributed by atoms with Gasteiger partial charge in [-0.05, 0) is 50.6 Å². The van der Waals surface area contributed by atoms with Crippen LogP contribution in [0.5, 0.6) is 5.75 Å². The highest BCUT2D eigenvalue weighted by atomic mass is 16.5. The fraction of sp³-hybridized carbons (Fsp3) is 0.292. The lowest BCUT2D eigenvalue weighted by atomic mass is 10.1. The van der Waals surface area contributed by atoms with Crippen LogP contribution in [0.4, 0.5) is 0 Å². The summed E-state index contributed by atoms with van der Waals surface area (Å²) in [6, 6.07) is 23.9.